The summed E-state index contributed by atoms with van der Waals surface area (Å²) in [6.45, 7) is 7.81. The molecule has 1 amide bonds. The van der Waals surface area contributed by atoms with Crippen LogP contribution >= 0.6 is 23.2 Å². The maximum Gasteiger partial charge on any atom is 0.410 e. The van der Waals surface area contributed by atoms with E-state index in [-0.39, 0.29) is 6.09 Å². The van der Waals surface area contributed by atoms with Crippen LogP contribution in [0.3, 0.4) is 0 Å². The van der Waals surface area contributed by atoms with Crippen LogP contribution < -0.4 is 4.74 Å². The number of aromatic amines is 2. The second-order valence-corrected chi connectivity index (χ2v) is 8.46. The summed E-state index contributed by atoms with van der Waals surface area (Å²) in [5.41, 5.74) is 3.75. The highest BCUT2D eigenvalue weighted by molar-refractivity contribution is 6.35. The molecule has 3 heterocycles. The van der Waals surface area contributed by atoms with E-state index in [0.29, 0.717) is 46.0 Å². The normalized spacial score (nSPS) is 15.3. The van der Waals surface area contributed by atoms with E-state index in [9.17, 15) is 4.79 Å². The molecule has 0 radical (unpaired) electrons. The topological polar surface area (TPSA) is 108 Å². The number of aromatic nitrogens is 4. The lowest BCUT2D eigenvalue weighted by molar-refractivity contribution is 0.122. The molecule has 1 aliphatic rings. The highest BCUT2D eigenvalue weighted by Crippen LogP contribution is 2.33. The van der Waals surface area contributed by atoms with Crippen LogP contribution in [-0.2, 0) is 17.8 Å². The quantitative estimate of drug-likeness (QED) is 0.370. The molecular formula is C22H22Cl2N6O3. The number of hydrogen-bond acceptors (Lipinski definition) is 6. The van der Waals surface area contributed by atoms with Crippen molar-refractivity contribution in [1.29, 1.82) is 0 Å². The minimum atomic E-state index is -0.433. The fraction of sp³-hybridized carbons (Fsp3) is 0.273. The van der Waals surface area contributed by atoms with Gasteiger partial charge in [-0.2, -0.15) is 5.10 Å². The van der Waals surface area contributed by atoms with Crippen molar-refractivity contribution in [3.8, 4) is 17.3 Å². The fourth-order valence-electron chi connectivity index (χ4n) is 3.80. The Kier molecular flexibility index (Phi) is 6.44. The maximum absolute atomic E-state index is 11.8. The van der Waals surface area contributed by atoms with Gasteiger partial charge in [-0.25, -0.2) is 9.78 Å². The van der Waals surface area contributed by atoms with E-state index < -0.39 is 6.10 Å². The number of nitrogens with one attached hydrogen (secondary N) is 2. The molecule has 0 saturated heterocycles. The second kappa shape index (κ2) is 9.29. The molecule has 0 saturated carbocycles. The minimum absolute atomic E-state index is 0.362. The van der Waals surface area contributed by atoms with Crippen LogP contribution in [-0.4, -0.2) is 51.1 Å². The predicted molar refractivity (Wildman–Crippen MR) is 127 cm³/mol. The van der Waals surface area contributed by atoms with Crippen LogP contribution in [0.15, 0.2) is 45.0 Å². The number of carbonyl (C=O) groups is 1. The first kappa shape index (κ1) is 22.9. The number of H-pyrrole nitrogens is 2. The molecule has 11 heteroatoms. The van der Waals surface area contributed by atoms with Gasteiger partial charge in [-0.05, 0) is 38.8 Å². The number of rotatable bonds is 6. The highest BCUT2D eigenvalue weighted by atomic mass is 35.5. The first-order valence-corrected chi connectivity index (χ1v) is 10.8. The summed E-state index contributed by atoms with van der Waals surface area (Å²) in [4.78, 5) is 24.9. The first-order valence-electron chi connectivity index (χ1n) is 10.1. The standard InChI is InChI=1S/C22H22Cl2N6O3/c1-11(23)19(15(24)8-25-3)12(2)33-13-5-6-16-14(7-13)20(29-28-16)21-26-17-9-30(22(31)32-4)10-18(17)27-21/h5-8,12H,3,9-10H2,1-2,4H3,(H,26,27)(H,28,29)/b15-8+,19-11+/t12-/m1/s1. The molecule has 33 heavy (non-hydrogen) atoms. The number of ether oxygens (including phenoxy) is 2. The zero-order chi connectivity index (χ0) is 23.7. The maximum atomic E-state index is 11.8. The molecule has 0 fully saturated rings. The molecule has 0 bridgehead atoms. The van der Waals surface area contributed by atoms with Gasteiger partial charge in [0.15, 0.2) is 5.82 Å². The average molecular weight is 489 g/mol. The molecule has 0 spiro atoms. The summed E-state index contributed by atoms with van der Waals surface area (Å²) in [5, 5.41) is 9.14. The van der Waals surface area contributed by atoms with Crippen molar-refractivity contribution in [1.82, 2.24) is 25.1 Å². The number of imidazole rings is 1. The van der Waals surface area contributed by atoms with Gasteiger partial charge in [-0.1, -0.05) is 23.2 Å². The molecule has 9 nitrogen and oxygen atoms in total. The van der Waals surface area contributed by atoms with Crippen molar-refractivity contribution in [3.63, 3.8) is 0 Å². The number of aliphatic imine (C=N–C) groups is 1. The number of fused-ring (bicyclic) bond motifs is 2. The number of carbonyl (C=O) groups excluding carboxylic acids is 1. The number of methoxy groups -OCH3 is 1. The Hall–Kier alpha value is -3.30. The average Bonchev–Trinajstić information content (AvgIpc) is 3.45. The lowest BCUT2D eigenvalue weighted by Crippen LogP contribution is -2.25. The molecule has 4 rings (SSSR count). The van der Waals surface area contributed by atoms with Crippen molar-refractivity contribution in [2.45, 2.75) is 33.0 Å². The zero-order valence-electron chi connectivity index (χ0n) is 18.3. The summed E-state index contributed by atoms with van der Waals surface area (Å²) in [6.07, 6.45) is 0.610. The number of allylic oxidation sites excluding steroid dienone is 1. The van der Waals surface area contributed by atoms with E-state index in [1.54, 1.807) is 11.8 Å². The van der Waals surface area contributed by atoms with Gasteiger partial charge in [0.05, 0.1) is 42.1 Å². The molecular weight excluding hydrogens is 467 g/mol. The fourth-order valence-corrected chi connectivity index (χ4v) is 4.47. The van der Waals surface area contributed by atoms with E-state index in [1.165, 1.54) is 13.3 Å². The van der Waals surface area contributed by atoms with Gasteiger partial charge < -0.3 is 14.5 Å². The van der Waals surface area contributed by atoms with Crippen LogP contribution in [0.25, 0.3) is 22.4 Å². The van der Waals surface area contributed by atoms with Crippen LogP contribution in [0.4, 0.5) is 4.79 Å². The third-order valence-corrected chi connectivity index (χ3v) is 5.80. The Morgan fingerprint density at radius 1 is 1.36 bits per heavy atom. The smallest absolute Gasteiger partial charge is 0.410 e. The Labute approximate surface area is 200 Å². The molecule has 1 aliphatic heterocycles. The Balaban J connectivity index is 1.61. The molecule has 172 valence electrons. The molecule has 2 N–H and O–H groups in total. The molecule has 2 aromatic heterocycles. The van der Waals surface area contributed by atoms with Gasteiger partial charge in [0, 0.05) is 22.2 Å². The van der Waals surface area contributed by atoms with E-state index >= 15 is 0 Å². The van der Waals surface area contributed by atoms with Gasteiger partial charge in [0.2, 0.25) is 0 Å². The Morgan fingerprint density at radius 2 is 2.15 bits per heavy atom. The van der Waals surface area contributed by atoms with E-state index in [1.807, 2.05) is 25.1 Å². The summed E-state index contributed by atoms with van der Waals surface area (Å²) >= 11 is 12.6. The van der Waals surface area contributed by atoms with E-state index in [2.05, 4.69) is 31.9 Å². The highest BCUT2D eigenvalue weighted by Gasteiger charge is 2.28. The molecule has 0 unspecified atom stereocenters. The Morgan fingerprint density at radius 3 is 2.82 bits per heavy atom. The monoisotopic (exact) mass is 488 g/mol. The van der Waals surface area contributed by atoms with Crippen LogP contribution in [0.1, 0.15) is 25.2 Å². The van der Waals surface area contributed by atoms with Gasteiger partial charge >= 0.3 is 6.09 Å². The predicted octanol–water partition coefficient (Wildman–Crippen LogP) is 5.10. The van der Waals surface area contributed by atoms with Gasteiger partial charge in [-0.3, -0.25) is 15.0 Å². The molecule has 3 aromatic rings. The molecule has 1 aromatic carbocycles. The molecule has 0 aliphatic carbocycles. The Bertz CT molecular complexity index is 1270. The third kappa shape index (κ3) is 4.46. The summed E-state index contributed by atoms with van der Waals surface area (Å²) in [7, 11) is 1.36. The third-order valence-electron chi connectivity index (χ3n) is 5.30. The summed E-state index contributed by atoms with van der Waals surface area (Å²) in [6, 6.07) is 5.59. The number of halogens is 2. The van der Waals surface area contributed by atoms with Crippen LogP contribution in [0.2, 0.25) is 0 Å². The van der Waals surface area contributed by atoms with Crippen LogP contribution in [0, 0.1) is 0 Å². The number of hydrogen-bond donors (Lipinski definition) is 2. The van der Waals surface area contributed by atoms with Gasteiger partial charge in [0.25, 0.3) is 0 Å². The van der Waals surface area contributed by atoms with Crippen molar-refractivity contribution < 1.29 is 14.3 Å². The summed E-state index contributed by atoms with van der Waals surface area (Å²) < 4.78 is 10.9. The second-order valence-electron chi connectivity index (χ2n) is 7.48. The first-order chi connectivity index (χ1) is 15.8. The van der Waals surface area contributed by atoms with Gasteiger partial charge in [0.1, 0.15) is 17.5 Å². The van der Waals surface area contributed by atoms with Crippen molar-refractivity contribution in [2.24, 2.45) is 4.99 Å². The summed E-state index contributed by atoms with van der Waals surface area (Å²) in [5.74, 6) is 1.22. The lowest BCUT2D eigenvalue weighted by Gasteiger charge is -2.18. The van der Waals surface area contributed by atoms with Crippen molar-refractivity contribution >= 4 is 46.9 Å². The van der Waals surface area contributed by atoms with Crippen molar-refractivity contribution in [3.05, 3.63) is 51.4 Å². The van der Waals surface area contributed by atoms with Gasteiger partial charge in [-0.15, -0.1) is 0 Å². The molecule has 1 atom stereocenters. The lowest BCUT2D eigenvalue weighted by atomic mass is 10.1. The minimum Gasteiger partial charge on any atom is -0.486 e. The zero-order valence-corrected chi connectivity index (χ0v) is 19.8. The number of amides is 1. The SMILES string of the molecule is C=N/C=C(Cl)\C(=C(/C)Cl)[C@@H](C)Oc1ccc2[nH]nc(-c3nc4c([nH]3)CN(C(=O)OC)C4)c2c1. The number of benzene rings is 1. The van der Waals surface area contributed by atoms with Crippen molar-refractivity contribution in [2.75, 3.05) is 7.11 Å². The van der Waals surface area contributed by atoms with E-state index in [0.717, 1.165) is 22.3 Å². The van der Waals surface area contributed by atoms with E-state index in [4.69, 9.17) is 32.7 Å². The number of nitrogens with zero attached hydrogens (tertiary/aromatic N) is 4. The van der Waals surface area contributed by atoms with Crippen LogP contribution in [0.5, 0.6) is 5.75 Å². The largest absolute Gasteiger partial charge is 0.486 e.